The minimum Gasteiger partial charge on any atom is -0.328 e. The molecule has 0 saturated carbocycles. The Kier molecular flexibility index (Phi) is 3.76. The van der Waals surface area contributed by atoms with Gasteiger partial charge in [-0.05, 0) is 42.3 Å². The smallest absolute Gasteiger partial charge is 0.233 e. The Hall–Kier alpha value is -2.11. The molecule has 0 aliphatic carbocycles. The van der Waals surface area contributed by atoms with E-state index < -0.39 is 9.84 Å². The molecule has 0 unspecified atom stereocenters. The van der Waals surface area contributed by atoms with E-state index >= 15 is 0 Å². The van der Waals surface area contributed by atoms with Crippen molar-refractivity contribution in [1.82, 2.24) is 9.97 Å². The Bertz CT molecular complexity index is 942. The average Bonchev–Trinajstić information content (AvgIpc) is 2.93. The van der Waals surface area contributed by atoms with Crippen molar-refractivity contribution in [2.75, 3.05) is 0 Å². The van der Waals surface area contributed by atoms with Crippen LogP contribution in [0.1, 0.15) is 11.1 Å². The number of para-hydroxylation sites is 2. The lowest BCUT2D eigenvalue weighted by Crippen LogP contribution is -1.98. The van der Waals surface area contributed by atoms with E-state index in [1.54, 1.807) is 24.3 Å². The molecule has 6 heteroatoms. The molecule has 0 fully saturated rings. The molecule has 3 rings (SSSR count). The Morgan fingerprint density at radius 2 is 1.95 bits per heavy atom. The van der Waals surface area contributed by atoms with Gasteiger partial charge in [-0.1, -0.05) is 35.9 Å². The number of rotatable bonds is 3. The number of H-pyrrole nitrogens is 1. The number of halogens is 1. The predicted octanol–water partition coefficient (Wildman–Crippen LogP) is 3.97. The molecule has 0 radical (unpaired) electrons. The van der Waals surface area contributed by atoms with Crippen LogP contribution in [0.3, 0.4) is 0 Å². The molecule has 0 aliphatic heterocycles. The summed E-state index contributed by atoms with van der Waals surface area (Å²) >= 11 is 5.95. The van der Waals surface area contributed by atoms with E-state index in [0.29, 0.717) is 16.1 Å². The number of aryl methyl sites for hydroxylation is 1. The normalized spacial score (nSPS) is 12.3. The largest absolute Gasteiger partial charge is 0.328 e. The molecule has 2 aromatic carbocycles. The molecule has 1 heterocycles. The van der Waals surface area contributed by atoms with Crippen molar-refractivity contribution in [3.63, 3.8) is 0 Å². The molecule has 22 heavy (non-hydrogen) atoms. The first kappa shape index (κ1) is 14.8. The fourth-order valence-electron chi connectivity index (χ4n) is 2.07. The van der Waals surface area contributed by atoms with Crippen molar-refractivity contribution >= 4 is 38.5 Å². The van der Waals surface area contributed by atoms with Gasteiger partial charge in [0, 0.05) is 10.4 Å². The van der Waals surface area contributed by atoms with Crippen LogP contribution in [0.4, 0.5) is 0 Å². The van der Waals surface area contributed by atoms with Gasteiger partial charge in [0.2, 0.25) is 15.0 Å². The van der Waals surface area contributed by atoms with Gasteiger partial charge >= 0.3 is 0 Å². The summed E-state index contributed by atoms with van der Waals surface area (Å²) in [7, 11) is -3.62. The average molecular weight is 333 g/mol. The van der Waals surface area contributed by atoms with Crippen LogP contribution >= 0.6 is 11.6 Å². The Morgan fingerprint density at radius 3 is 2.68 bits per heavy atom. The first-order valence-electron chi connectivity index (χ1n) is 6.60. The van der Waals surface area contributed by atoms with Crippen LogP contribution in [0.5, 0.6) is 0 Å². The van der Waals surface area contributed by atoms with Crippen molar-refractivity contribution in [3.05, 3.63) is 64.0 Å². The van der Waals surface area contributed by atoms with Crippen molar-refractivity contribution in [3.8, 4) is 0 Å². The summed E-state index contributed by atoms with van der Waals surface area (Å²) in [4.78, 5) is 6.93. The van der Waals surface area contributed by atoms with Gasteiger partial charge in [-0.15, -0.1) is 0 Å². The SMILES string of the molecule is Cc1cc(/C=C/S(=O)(=O)c2nc3ccccc3[nH]2)ccc1Cl. The zero-order valence-electron chi connectivity index (χ0n) is 11.7. The fourth-order valence-corrected chi connectivity index (χ4v) is 3.13. The topological polar surface area (TPSA) is 62.8 Å². The van der Waals surface area contributed by atoms with Gasteiger partial charge in [-0.2, -0.15) is 0 Å². The van der Waals surface area contributed by atoms with Gasteiger partial charge in [0.25, 0.3) is 0 Å². The third kappa shape index (κ3) is 2.91. The maximum atomic E-state index is 12.3. The fraction of sp³-hybridized carbons (Fsp3) is 0.0625. The van der Waals surface area contributed by atoms with Crippen LogP contribution in [0.25, 0.3) is 17.1 Å². The quantitative estimate of drug-likeness (QED) is 0.789. The number of hydrogen-bond donors (Lipinski definition) is 1. The lowest BCUT2D eigenvalue weighted by molar-refractivity contribution is 0.598. The number of imidazole rings is 1. The molecule has 0 aliphatic rings. The summed E-state index contributed by atoms with van der Waals surface area (Å²) in [6, 6.07) is 12.5. The molecular weight excluding hydrogens is 320 g/mol. The first-order valence-corrected chi connectivity index (χ1v) is 8.52. The lowest BCUT2D eigenvalue weighted by Gasteiger charge is -1.99. The molecule has 0 saturated heterocycles. The predicted molar refractivity (Wildman–Crippen MR) is 88.5 cm³/mol. The standard InChI is InChI=1S/C16H13ClN2O2S/c1-11-10-12(6-7-13(11)17)8-9-22(20,21)16-18-14-4-2-3-5-15(14)19-16/h2-10H,1H3,(H,18,19)/b9-8+. The number of aromatic nitrogens is 2. The number of fused-ring (bicyclic) bond motifs is 1. The maximum Gasteiger partial charge on any atom is 0.233 e. The van der Waals surface area contributed by atoms with Crippen molar-refractivity contribution in [2.24, 2.45) is 0 Å². The van der Waals surface area contributed by atoms with Gasteiger partial charge in [0.15, 0.2) is 0 Å². The number of benzene rings is 2. The molecule has 3 aromatic rings. The van der Waals surface area contributed by atoms with Crippen LogP contribution in [-0.4, -0.2) is 18.4 Å². The van der Waals surface area contributed by atoms with Crippen LogP contribution in [0.2, 0.25) is 5.02 Å². The number of sulfone groups is 1. The molecule has 1 aromatic heterocycles. The Morgan fingerprint density at radius 1 is 1.18 bits per heavy atom. The highest BCUT2D eigenvalue weighted by Crippen LogP contribution is 2.19. The van der Waals surface area contributed by atoms with E-state index in [2.05, 4.69) is 9.97 Å². The van der Waals surface area contributed by atoms with E-state index in [0.717, 1.165) is 16.5 Å². The molecule has 0 amide bonds. The molecule has 1 N–H and O–H groups in total. The van der Waals surface area contributed by atoms with E-state index in [4.69, 9.17) is 11.6 Å². The van der Waals surface area contributed by atoms with Crippen molar-refractivity contribution in [1.29, 1.82) is 0 Å². The molecule has 0 atom stereocenters. The maximum absolute atomic E-state index is 12.3. The van der Waals surface area contributed by atoms with Crippen LogP contribution in [0, 0.1) is 6.92 Å². The van der Waals surface area contributed by atoms with Gasteiger partial charge in [0.05, 0.1) is 11.0 Å². The monoisotopic (exact) mass is 332 g/mol. The second-order valence-electron chi connectivity index (χ2n) is 4.92. The number of nitrogens with zero attached hydrogens (tertiary/aromatic N) is 1. The third-order valence-electron chi connectivity index (χ3n) is 3.26. The summed E-state index contributed by atoms with van der Waals surface area (Å²) < 4.78 is 24.6. The highest BCUT2D eigenvalue weighted by molar-refractivity contribution is 7.94. The molecule has 112 valence electrons. The Labute approximate surface area is 133 Å². The number of aromatic amines is 1. The van der Waals surface area contributed by atoms with E-state index in [-0.39, 0.29) is 5.16 Å². The van der Waals surface area contributed by atoms with Gasteiger partial charge in [-0.25, -0.2) is 13.4 Å². The second kappa shape index (κ2) is 5.59. The van der Waals surface area contributed by atoms with Crippen molar-refractivity contribution in [2.45, 2.75) is 12.1 Å². The van der Waals surface area contributed by atoms with E-state index in [1.165, 1.54) is 6.08 Å². The van der Waals surface area contributed by atoms with E-state index in [1.807, 2.05) is 25.1 Å². The lowest BCUT2D eigenvalue weighted by atomic mass is 10.1. The molecule has 0 spiro atoms. The number of nitrogens with one attached hydrogen (secondary N) is 1. The minimum absolute atomic E-state index is 0.0596. The summed E-state index contributed by atoms with van der Waals surface area (Å²) in [6.45, 7) is 1.87. The minimum atomic E-state index is -3.62. The Balaban J connectivity index is 1.95. The van der Waals surface area contributed by atoms with Gasteiger partial charge in [0.1, 0.15) is 0 Å². The third-order valence-corrected chi connectivity index (χ3v) is 4.91. The number of hydrogen-bond acceptors (Lipinski definition) is 3. The van der Waals surface area contributed by atoms with Crippen LogP contribution in [-0.2, 0) is 9.84 Å². The van der Waals surface area contributed by atoms with Crippen LogP contribution < -0.4 is 0 Å². The van der Waals surface area contributed by atoms with Crippen molar-refractivity contribution < 1.29 is 8.42 Å². The molecule has 0 bridgehead atoms. The highest BCUT2D eigenvalue weighted by atomic mass is 35.5. The first-order chi connectivity index (χ1) is 10.5. The molecular formula is C16H13ClN2O2S. The summed E-state index contributed by atoms with van der Waals surface area (Å²) in [5.41, 5.74) is 2.97. The van der Waals surface area contributed by atoms with Gasteiger partial charge < -0.3 is 4.98 Å². The zero-order valence-corrected chi connectivity index (χ0v) is 13.3. The highest BCUT2D eigenvalue weighted by Gasteiger charge is 2.15. The van der Waals surface area contributed by atoms with Gasteiger partial charge in [-0.3, -0.25) is 0 Å². The van der Waals surface area contributed by atoms with Crippen LogP contribution in [0.15, 0.2) is 53.0 Å². The molecule has 4 nitrogen and oxygen atoms in total. The summed E-state index contributed by atoms with van der Waals surface area (Å²) in [6.07, 6.45) is 1.53. The summed E-state index contributed by atoms with van der Waals surface area (Å²) in [5, 5.41) is 1.74. The zero-order chi connectivity index (χ0) is 15.7. The summed E-state index contributed by atoms with van der Waals surface area (Å²) in [5.74, 6) is 0. The van der Waals surface area contributed by atoms with E-state index in [9.17, 15) is 8.42 Å². The second-order valence-corrected chi connectivity index (χ2v) is 7.07.